The Hall–Kier alpha value is -0.770. The molecule has 1 saturated carbocycles. The second-order valence-electron chi connectivity index (χ2n) is 4.79. The van der Waals surface area contributed by atoms with Crippen LogP contribution in [-0.2, 0) is 0 Å². The summed E-state index contributed by atoms with van der Waals surface area (Å²) in [5.41, 5.74) is 0. The van der Waals surface area contributed by atoms with E-state index in [0.717, 1.165) is 44.4 Å². The normalized spacial score (nSPS) is 25.4. The third-order valence-electron chi connectivity index (χ3n) is 3.69. The van der Waals surface area contributed by atoms with Gasteiger partial charge in [-0.1, -0.05) is 12.8 Å². The molecule has 1 fully saturated rings. The summed E-state index contributed by atoms with van der Waals surface area (Å²) in [4.78, 5) is 12.2. The number of nitrogens with zero attached hydrogens (tertiary/aromatic N) is 1. The molecule has 1 aliphatic rings. The first kappa shape index (κ1) is 13.3. The van der Waals surface area contributed by atoms with E-state index in [1.807, 2.05) is 0 Å². The first-order valence-electron chi connectivity index (χ1n) is 6.21. The molecule has 4 heteroatoms. The Bertz CT molecular complexity index is 212. The smallest absolute Gasteiger partial charge is 0.407 e. The lowest BCUT2D eigenvalue weighted by Crippen LogP contribution is -2.38. The molecule has 2 N–H and O–H groups in total. The lowest BCUT2D eigenvalue weighted by molar-refractivity contribution is 0.117. The number of aliphatic hydroxyl groups is 1. The Morgan fingerprint density at radius 3 is 2.38 bits per heavy atom. The average molecular weight is 229 g/mol. The largest absolute Gasteiger partial charge is 0.465 e. The molecule has 0 aromatic heterocycles. The van der Waals surface area contributed by atoms with Gasteiger partial charge >= 0.3 is 6.09 Å². The van der Waals surface area contributed by atoms with Crippen molar-refractivity contribution in [3.05, 3.63) is 0 Å². The minimum atomic E-state index is -0.816. The fourth-order valence-electron chi connectivity index (χ4n) is 2.52. The van der Waals surface area contributed by atoms with Gasteiger partial charge < -0.3 is 15.1 Å². The van der Waals surface area contributed by atoms with Crippen LogP contribution in [0.1, 0.15) is 44.9 Å². The molecule has 0 saturated heterocycles. The summed E-state index contributed by atoms with van der Waals surface area (Å²) in [7, 11) is 1.67. The zero-order valence-electron chi connectivity index (χ0n) is 10.1. The van der Waals surface area contributed by atoms with Crippen LogP contribution in [0.4, 0.5) is 4.79 Å². The zero-order valence-corrected chi connectivity index (χ0v) is 10.1. The summed E-state index contributed by atoms with van der Waals surface area (Å²) in [5.74, 6) is 0.741. The van der Waals surface area contributed by atoms with Crippen molar-refractivity contribution in [2.75, 3.05) is 13.7 Å². The van der Waals surface area contributed by atoms with Gasteiger partial charge in [0.15, 0.2) is 0 Å². The second kappa shape index (κ2) is 6.74. The lowest BCUT2D eigenvalue weighted by atomic mass is 9.83. The molecular weight excluding hydrogens is 206 g/mol. The van der Waals surface area contributed by atoms with Crippen LogP contribution in [0.3, 0.4) is 0 Å². The van der Waals surface area contributed by atoms with Crippen molar-refractivity contribution in [2.24, 2.45) is 5.92 Å². The Morgan fingerprint density at radius 2 is 1.88 bits per heavy atom. The lowest BCUT2D eigenvalue weighted by Gasteiger charge is -2.33. The minimum Gasteiger partial charge on any atom is -0.465 e. The number of hydrogen-bond donors (Lipinski definition) is 2. The number of carboxylic acid groups (broad SMARTS) is 1. The van der Waals surface area contributed by atoms with Crippen molar-refractivity contribution < 1.29 is 15.0 Å². The monoisotopic (exact) mass is 229 g/mol. The van der Waals surface area contributed by atoms with Crippen LogP contribution in [0.2, 0.25) is 0 Å². The first-order valence-corrected chi connectivity index (χ1v) is 6.21. The molecule has 1 rings (SSSR count). The Labute approximate surface area is 97.3 Å². The molecular formula is C12H23NO3. The highest BCUT2D eigenvalue weighted by molar-refractivity contribution is 5.64. The van der Waals surface area contributed by atoms with E-state index in [0.29, 0.717) is 0 Å². The molecule has 0 unspecified atom stereocenters. The summed E-state index contributed by atoms with van der Waals surface area (Å²) in [6, 6.07) is 0.214. The third-order valence-corrected chi connectivity index (χ3v) is 3.69. The summed E-state index contributed by atoms with van der Waals surface area (Å²) < 4.78 is 0. The first-order chi connectivity index (χ1) is 7.65. The average Bonchev–Trinajstić information content (AvgIpc) is 2.29. The van der Waals surface area contributed by atoms with Gasteiger partial charge in [0.25, 0.3) is 0 Å². The van der Waals surface area contributed by atoms with Gasteiger partial charge in [-0.2, -0.15) is 0 Å². The fourth-order valence-corrected chi connectivity index (χ4v) is 2.52. The maximum Gasteiger partial charge on any atom is 0.407 e. The van der Waals surface area contributed by atoms with Gasteiger partial charge in [0.05, 0.1) is 0 Å². The highest BCUT2D eigenvalue weighted by atomic mass is 16.4. The van der Waals surface area contributed by atoms with Crippen LogP contribution in [0.5, 0.6) is 0 Å². The predicted molar refractivity (Wildman–Crippen MR) is 62.5 cm³/mol. The molecule has 94 valence electrons. The summed E-state index contributed by atoms with van der Waals surface area (Å²) >= 11 is 0. The molecule has 0 spiro atoms. The van der Waals surface area contributed by atoms with Crippen LogP contribution in [0.15, 0.2) is 0 Å². The van der Waals surface area contributed by atoms with E-state index in [2.05, 4.69) is 0 Å². The van der Waals surface area contributed by atoms with Gasteiger partial charge in [0.1, 0.15) is 0 Å². The molecule has 1 amide bonds. The van der Waals surface area contributed by atoms with Crippen molar-refractivity contribution in [1.29, 1.82) is 0 Å². The van der Waals surface area contributed by atoms with E-state index in [1.54, 1.807) is 7.05 Å². The standard InChI is InChI=1S/C12H23NO3/c1-13(12(15)16)11-7-5-10(6-8-11)4-2-3-9-14/h10-11,14H,2-9H2,1H3,(H,15,16). The van der Waals surface area contributed by atoms with Gasteiger partial charge in [-0.3, -0.25) is 0 Å². The summed E-state index contributed by atoms with van der Waals surface area (Å²) in [5, 5.41) is 17.6. The quantitative estimate of drug-likeness (QED) is 0.711. The highest BCUT2D eigenvalue weighted by Gasteiger charge is 2.25. The summed E-state index contributed by atoms with van der Waals surface area (Å²) in [6.45, 7) is 0.289. The fraction of sp³-hybridized carbons (Fsp3) is 0.917. The molecule has 1 aliphatic carbocycles. The third kappa shape index (κ3) is 4.00. The van der Waals surface area contributed by atoms with Gasteiger partial charge in [0, 0.05) is 19.7 Å². The summed E-state index contributed by atoms with van der Waals surface area (Å²) in [6.07, 6.45) is 6.61. The van der Waals surface area contributed by atoms with E-state index >= 15 is 0 Å². The number of unbranched alkanes of at least 4 members (excludes halogenated alkanes) is 1. The molecule has 0 aromatic carbocycles. The van der Waals surface area contributed by atoms with Crippen LogP contribution in [0.25, 0.3) is 0 Å². The maximum absolute atomic E-state index is 10.8. The molecule has 0 radical (unpaired) electrons. The number of hydrogen-bond acceptors (Lipinski definition) is 2. The number of aliphatic hydroxyl groups excluding tert-OH is 1. The van der Waals surface area contributed by atoms with Gasteiger partial charge in [0.2, 0.25) is 0 Å². The van der Waals surface area contributed by atoms with Crippen LogP contribution in [0, 0.1) is 5.92 Å². The molecule has 0 atom stereocenters. The zero-order chi connectivity index (χ0) is 12.0. The molecule has 0 bridgehead atoms. The topological polar surface area (TPSA) is 60.8 Å². The molecule has 0 heterocycles. The second-order valence-corrected chi connectivity index (χ2v) is 4.79. The minimum absolute atomic E-state index is 0.214. The Kier molecular flexibility index (Phi) is 5.60. The van der Waals surface area contributed by atoms with E-state index in [4.69, 9.17) is 10.2 Å². The van der Waals surface area contributed by atoms with Gasteiger partial charge in [-0.05, 0) is 38.0 Å². The number of carbonyl (C=O) groups is 1. The SMILES string of the molecule is CN(C(=O)O)C1CCC(CCCCO)CC1. The van der Waals surface area contributed by atoms with Crippen molar-refractivity contribution >= 4 is 6.09 Å². The van der Waals surface area contributed by atoms with Gasteiger partial charge in [-0.15, -0.1) is 0 Å². The van der Waals surface area contributed by atoms with Crippen molar-refractivity contribution in [3.63, 3.8) is 0 Å². The molecule has 0 aliphatic heterocycles. The predicted octanol–water partition coefficient (Wildman–Crippen LogP) is 2.32. The van der Waals surface area contributed by atoms with Crippen LogP contribution in [-0.4, -0.2) is 40.9 Å². The number of amides is 1. The van der Waals surface area contributed by atoms with Crippen molar-refractivity contribution in [1.82, 2.24) is 4.90 Å². The van der Waals surface area contributed by atoms with Crippen molar-refractivity contribution in [3.8, 4) is 0 Å². The van der Waals surface area contributed by atoms with E-state index in [-0.39, 0.29) is 12.6 Å². The highest BCUT2D eigenvalue weighted by Crippen LogP contribution is 2.30. The number of rotatable bonds is 5. The van der Waals surface area contributed by atoms with E-state index in [1.165, 1.54) is 11.3 Å². The van der Waals surface area contributed by atoms with E-state index in [9.17, 15) is 4.79 Å². The van der Waals surface area contributed by atoms with Crippen LogP contribution < -0.4 is 0 Å². The van der Waals surface area contributed by atoms with Gasteiger partial charge in [-0.25, -0.2) is 4.79 Å². The maximum atomic E-state index is 10.8. The van der Waals surface area contributed by atoms with E-state index < -0.39 is 6.09 Å². The Morgan fingerprint density at radius 1 is 1.25 bits per heavy atom. The molecule has 16 heavy (non-hydrogen) atoms. The van der Waals surface area contributed by atoms with Crippen molar-refractivity contribution in [2.45, 2.75) is 51.0 Å². The molecule has 4 nitrogen and oxygen atoms in total. The Balaban J connectivity index is 2.20. The van der Waals surface area contributed by atoms with Crippen LogP contribution >= 0.6 is 0 Å². The molecule has 0 aromatic rings.